The van der Waals surface area contributed by atoms with E-state index in [1.807, 2.05) is 54.6 Å². The lowest BCUT2D eigenvalue weighted by atomic mass is 9.92. The number of benzene rings is 3. The fraction of sp³-hybridized carbons (Fsp3) is 0. The molecule has 120 valence electrons. The van der Waals surface area contributed by atoms with Crippen LogP contribution in [-0.2, 0) is 0 Å². The maximum Gasteiger partial charge on any atom is 0.128 e. The number of hydrogen-bond acceptors (Lipinski definition) is 2. The van der Waals surface area contributed by atoms with Crippen molar-refractivity contribution in [3.05, 3.63) is 95.6 Å². The number of nitrogens with zero attached hydrogens (tertiary/aromatic N) is 1. The summed E-state index contributed by atoms with van der Waals surface area (Å²) in [5, 5.41) is 7.62. The minimum absolute atomic E-state index is 0.643. The number of nitrogens with one attached hydrogen (secondary N) is 1. The van der Waals surface area contributed by atoms with Crippen LogP contribution in [0.3, 0.4) is 0 Å². The normalized spacial score (nSPS) is 10.6. The topological polar surface area (TPSA) is 28.7 Å². The van der Waals surface area contributed by atoms with Gasteiger partial charge in [0.05, 0.1) is 5.69 Å². The average Bonchev–Trinajstić information content (AvgIpc) is 2.70. The molecule has 2 nitrogen and oxygen atoms in total. The van der Waals surface area contributed by atoms with Gasteiger partial charge >= 0.3 is 0 Å². The van der Waals surface area contributed by atoms with Crippen LogP contribution in [0.25, 0.3) is 33.5 Å². The Kier molecular flexibility index (Phi) is 4.23. The number of aromatic amines is 1. The Hall–Kier alpha value is -3.04. The standard InChI is InChI=1S/C22H16N2S/c25-22-20(17-12-6-2-7-13-17)19(16-10-4-1-5-11-16)21(23-24-22)18-14-8-3-9-15-18/h1-15H,(H,24,25). The molecule has 0 amide bonds. The summed E-state index contributed by atoms with van der Waals surface area (Å²) in [4.78, 5) is 0. The summed E-state index contributed by atoms with van der Waals surface area (Å²) >= 11 is 5.61. The van der Waals surface area contributed by atoms with Crippen molar-refractivity contribution in [1.29, 1.82) is 0 Å². The summed E-state index contributed by atoms with van der Waals surface area (Å²) in [5.41, 5.74) is 6.22. The van der Waals surface area contributed by atoms with Gasteiger partial charge in [0.2, 0.25) is 0 Å². The van der Waals surface area contributed by atoms with Gasteiger partial charge in [-0.2, -0.15) is 5.10 Å². The summed E-state index contributed by atoms with van der Waals surface area (Å²) in [7, 11) is 0. The van der Waals surface area contributed by atoms with Crippen molar-refractivity contribution in [1.82, 2.24) is 10.2 Å². The molecular weight excluding hydrogens is 324 g/mol. The molecule has 0 unspecified atom stereocenters. The minimum atomic E-state index is 0.643. The van der Waals surface area contributed by atoms with Crippen molar-refractivity contribution >= 4 is 12.2 Å². The molecule has 4 aromatic rings. The molecule has 0 spiro atoms. The van der Waals surface area contributed by atoms with Crippen LogP contribution < -0.4 is 0 Å². The van der Waals surface area contributed by atoms with Gasteiger partial charge in [-0.25, -0.2) is 0 Å². The molecule has 0 radical (unpaired) electrons. The highest BCUT2D eigenvalue weighted by atomic mass is 32.1. The van der Waals surface area contributed by atoms with Crippen LogP contribution in [-0.4, -0.2) is 10.2 Å². The molecule has 1 N–H and O–H groups in total. The molecular formula is C22H16N2S. The first-order valence-corrected chi connectivity index (χ1v) is 8.54. The molecule has 4 rings (SSSR count). The maximum absolute atomic E-state index is 5.61. The van der Waals surface area contributed by atoms with E-state index in [4.69, 9.17) is 12.2 Å². The van der Waals surface area contributed by atoms with Crippen molar-refractivity contribution in [2.45, 2.75) is 0 Å². The fourth-order valence-electron chi connectivity index (χ4n) is 3.02. The molecule has 25 heavy (non-hydrogen) atoms. The Morgan fingerprint density at radius 3 is 1.52 bits per heavy atom. The van der Waals surface area contributed by atoms with Gasteiger partial charge in [0, 0.05) is 16.7 Å². The van der Waals surface area contributed by atoms with E-state index in [0.29, 0.717) is 4.64 Å². The molecule has 0 aliphatic carbocycles. The molecule has 3 heteroatoms. The highest BCUT2D eigenvalue weighted by Crippen LogP contribution is 2.38. The van der Waals surface area contributed by atoms with Gasteiger partial charge < -0.3 is 0 Å². The van der Waals surface area contributed by atoms with Gasteiger partial charge in [-0.15, -0.1) is 0 Å². The van der Waals surface area contributed by atoms with Crippen molar-refractivity contribution in [2.24, 2.45) is 0 Å². The Labute approximate surface area is 151 Å². The van der Waals surface area contributed by atoms with Crippen molar-refractivity contribution in [3.8, 4) is 33.5 Å². The number of H-pyrrole nitrogens is 1. The third-order valence-corrected chi connectivity index (χ3v) is 4.45. The predicted molar refractivity (Wildman–Crippen MR) is 106 cm³/mol. The first kappa shape index (κ1) is 15.5. The molecule has 0 aliphatic rings. The largest absolute Gasteiger partial charge is 0.267 e. The average molecular weight is 340 g/mol. The monoisotopic (exact) mass is 340 g/mol. The van der Waals surface area contributed by atoms with Crippen LogP contribution in [0.2, 0.25) is 0 Å². The highest BCUT2D eigenvalue weighted by Gasteiger charge is 2.17. The number of rotatable bonds is 3. The molecule has 0 atom stereocenters. The number of aromatic nitrogens is 2. The Morgan fingerprint density at radius 1 is 0.560 bits per heavy atom. The van der Waals surface area contributed by atoms with Crippen molar-refractivity contribution in [2.75, 3.05) is 0 Å². The van der Waals surface area contributed by atoms with Crippen LogP contribution in [0, 0.1) is 4.64 Å². The molecule has 0 fully saturated rings. The zero-order valence-electron chi connectivity index (χ0n) is 13.5. The Morgan fingerprint density at radius 2 is 1.00 bits per heavy atom. The van der Waals surface area contributed by atoms with Gasteiger partial charge in [0.15, 0.2) is 0 Å². The molecule has 1 aromatic heterocycles. The van der Waals surface area contributed by atoms with Crippen molar-refractivity contribution in [3.63, 3.8) is 0 Å². The lowest BCUT2D eigenvalue weighted by molar-refractivity contribution is 1.03. The molecule has 0 saturated heterocycles. The van der Waals surface area contributed by atoms with E-state index in [9.17, 15) is 0 Å². The van der Waals surface area contributed by atoms with Crippen molar-refractivity contribution < 1.29 is 0 Å². The quantitative estimate of drug-likeness (QED) is 0.454. The summed E-state index contributed by atoms with van der Waals surface area (Å²) in [6.45, 7) is 0. The van der Waals surface area contributed by atoms with Gasteiger partial charge in [-0.05, 0) is 11.1 Å². The van der Waals surface area contributed by atoms with Crippen LogP contribution in [0.15, 0.2) is 91.0 Å². The SMILES string of the molecule is S=c1[nH]nc(-c2ccccc2)c(-c2ccccc2)c1-c1ccccc1. The smallest absolute Gasteiger partial charge is 0.128 e. The molecule has 1 heterocycles. The summed E-state index contributed by atoms with van der Waals surface area (Å²) < 4.78 is 0.643. The van der Waals surface area contributed by atoms with Gasteiger partial charge in [0.25, 0.3) is 0 Å². The van der Waals surface area contributed by atoms with E-state index in [1.54, 1.807) is 0 Å². The van der Waals surface area contributed by atoms with Crippen LogP contribution in [0.4, 0.5) is 0 Å². The van der Waals surface area contributed by atoms with Gasteiger partial charge in [0.1, 0.15) is 4.64 Å². The summed E-state index contributed by atoms with van der Waals surface area (Å²) in [5.74, 6) is 0. The molecule has 0 saturated carbocycles. The lowest BCUT2D eigenvalue weighted by Gasteiger charge is -2.15. The van der Waals surface area contributed by atoms with Crippen LogP contribution in [0.1, 0.15) is 0 Å². The minimum Gasteiger partial charge on any atom is -0.267 e. The fourth-order valence-corrected chi connectivity index (χ4v) is 3.29. The zero-order chi connectivity index (χ0) is 17.1. The summed E-state index contributed by atoms with van der Waals surface area (Å²) in [6.07, 6.45) is 0. The second-order valence-corrected chi connectivity index (χ2v) is 6.16. The molecule has 3 aromatic carbocycles. The highest BCUT2D eigenvalue weighted by molar-refractivity contribution is 7.71. The van der Waals surface area contributed by atoms with Crippen LogP contribution in [0.5, 0.6) is 0 Å². The van der Waals surface area contributed by atoms with E-state index in [2.05, 4.69) is 46.6 Å². The Bertz CT molecular complexity index is 1040. The first-order valence-electron chi connectivity index (χ1n) is 8.13. The maximum atomic E-state index is 5.61. The third kappa shape index (κ3) is 3.02. The van der Waals surface area contributed by atoms with E-state index < -0.39 is 0 Å². The van der Waals surface area contributed by atoms with E-state index >= 15 is 0 Å². The third-order valence-electron chi connectivity index (χ3n) is 4.16. The van der Waals surface area contributed by atoms with Crippen LogP contribution >= 0.6 is 12.2 Å². The second kappa shape index (κ2) is 6.83. The van der Waals surface area contributed by atoms with Gasteiger partial charge in [-0.1, -0.05) is 103 Å². The second-order valence-electron chi connectivity index (χ2n) is 5.75. The Balaban J connectivity index is 2.09. The van der Waals surface area contributed by atoms with E-state index in [0.717, 1.165) is 33.5 Å². The molecule has 0 aliphatic heterocycles. The first-order chi connectivity index (χ1) is 12.3. The zero-order valence-corrected chi connectivity index (χ0v) is 14.3. The van der Waals surface area contributed by atoms with Gasteiger partial charge in [-0.3, -0.25) is 5.10 Å². The van der Waals surface area contributed by atoms with E-state index in [1.165, 1.54) is 0 Å². The summed E-state index contributed by atoms with van der Waals surface area (Å²) in [6, 6.07) is 30.7. The number of hydrogen-bond donors (Lipinski definition) is 1. The molecule has 0 bridgehead atoms. The predicted octanol–water partition coefficient (Wildman–Crippen LogP) is 6.14. The van der Waals surface area contributed by atoms with E-state index in [-0.39, 0.29) is 0 Å². The lowest BCUT2D eigenvalue weighted by Crippen LogP contribution is -1.97.